The number of phenolic OH excluding ortho intramolecular Hbond substituents is 1. The third-order valence-electron chi connectivity index (χ3n) is 3.90. The smallest absolute Gasteiger partial charge is 0.266 e. The molecule has 1 saturated heterocycles. The monoisotopic (exact) mass is 382 g/mol. The minimum absolute atomic E-state index is 0.0420. The average molecular weight is 382 g/mol. The lowest BCUT2D eigenvalue weighted by molar-refractivity contribution is -0.122. The Hall–Kier alpha value is -2.73. The second-order valence-electron chi connectivity index (χ2n) is 5.98. The van der Waals surface area contributed by atoms with E-state index in [-0.39, 0.29) is 11.7 Å². The van der Waals surface area contributed by atoms with Crippen molar-refractivity contribution in [1.29, 1.82) is 0 Å². The van der Waals surface area contributed by atoms with E-state index in [2.05, 4.69) is 4.99 Å². The highest BCUT2D eigenvalue weighted by molar-refractivity contribution is 8.18. The van der Waals surface area contributed by atoms with Crippen molar-refractivity contribution in [3.63, 3.8) is 0 Å². The van der Waals surface area contributed by atoms with Crippen LogP contribution in [0.2, 0.25) is 0 Å². The highest BCUT2D eigenvalue weighted by atomic mass is 32.2. The Morgan fingerprint density at radius 1 is 1.11 bits per heavy atom. The SMILES string of the molecule is CCCN1C(=O)C(=Cc2ccc(O)cc2)SC1=Nc1ccc(OCC)cc1. The molecule has 0 saturated carbocycles. The molecule has 2 aromatic rings. The summed E-state index contributed by atoms with van der Waals surface area (Å²) in [6, 6.07) is 14.3. The van der Waals surface area contributed by atoms with Crippen LogP contribution in [0.4, 0.5) is 5.69 Å². The van der Waals surface area contributed by atoms with Gasteiger partial charge in [0.25, 0.3) is 5.91 Å². The number of hydrogen-bond acceptors (Lipinski definition) is 5. The number of nitrogens with zero attached hydrogens (tertiary/aromatic N) is 2. The molecule has 0 radical (unpaired) electrons. The van der Waals surface area contributed by atoms with Gasteiger partial charge in [-0.15, -0.1) is 0 Å². The van der Waals surface area contributed by atoms with Crippen LogP contribution >= 0.6 is 11.8 Å². The number of amides is 1. The zero-order valence-corrected chi connectivity index (χ0v) is 16.2. The summed E-state index contributed by atoms with van der Waals surface area (Å²) in [5.74, 6) is 0.961. The van der Waals surface area contributed by atoms with E-state index in [0.29, 0.717) is 23.2 Å². The zero-order valence-electron chi connectivity index (χ0n) is 15.4. The van der Waals surface area contributed by atoms with Crippen LogP contribution in [-0.2, 0) is 4.79 Å². The molecule has 2 aromatic carbocycles. The molecule has 1 amide bonds. The van der Waals surface area contributed by atoms with Crippen molar-refractivity contribution in [2.75, 3.05) is 13.2 Å². The van der Waals surface area contributed by atoms with Gasteiger partial charge in [0, 0.05) is 6.54 Å². The second kappa shape index (κ2) is 8.77. The lowest BCUT2D eigenvalue weighted by Gasteiger charge is -2.14. The van der Waals surface area contributed by atoms with Gasteiger partial charge in [0.2, 0.25) is 0 Å². The maximum atomic E-state index is 12.8. The predicted molar refractivity (Wildman–Crippen MR) is 110 cm³/mol. The maximum Gasteiger partial charge on any atom is 0.266 e. The molecule has 140 valence electrons. The first kappa shape index (κ1) is 19.0. The van der Waals surface area contributed by atoms with Gasteiger partial charge in [-0.25, -0.2) is 4.99 Å². The lowest BCUT2D eigenvalue weighted by atomic mass is 10.2. The Morgan fingerprint density at radius 3 is 2.44 bits per heavy atom. The summed E-state index contributed by atoms with van der Waals surface area (Å²) in [4.78, 5) is 19.8. The van der Waals surface area contributed by atoms with Gasteiger partial charge in [-0.3, -0.25) is 9.69 Å². The summed E-state index contributed by atoms with van der Waals surface area (Å²) < 4.78 is 5.45. The van der Waals surface area contributed by atoms with Crippen molar-refractivity contribution >= 4 is 34.6 Å². The number of thioether (sulfide) groups is 1. The number of aromatic hydroxyl groups is 1. The molecule has 6 heteroatoms. The van der Waals surface area contributed by atoms with E-state index in [9.17, 15) is 9.90 Å². The van der Waals surface area contributed by atoms with Crippen LogP contribution in [0.25, 0.3) is 6.08 Å². The quantitative estimate of drug-likeness (QED) is 0.729. The molecular weight excluding hydrogens is 360 g/mol. The second-order valence-corrected chi connectivity index (χ2v) is 6.99. The predicted octanol–water partition coefficient (Wildman–Crippen LogP) is 4.80. The largest absolute Gasteiger partial charge is 0.508 e. The van der Waals surface area contributed by atoms with Crippen LogP contribution in [0.1, 0.15) is 25.8 Å². The topological polar surface area (TPSA) is 62.1 Å². The van der Waals surface area contributed by atoms with Crippen molar-refractivity contribution in [3.8, 4) is 11.5 Å². The molecule has 0 aliphatic carbocycles. The van der Waals surface area contributed by atoms with Crippen molar-refractivity contribution < 1.29 is 14.6 Å². The standard InChI is InChI=1S/C21H22N2O3S/c1-3-13-23-20(25)19(14-15-5-9-17(24)10-6-15)27-21(23)22-16-7-11-18(12-8-16)26-4-2/h5-12,14,24H,3-4,13H2,1-2H3. The molecule has 3 rings (SSSR count). The minimum atomic E-state index is -0.0420. The van der Waals surface area contributed by atoms with E-state index in [0.717, 1.165) is 23.4 Å². The summed E-state index contributed by atoms with van der Waals surface area (Å²) >= 11 is 1.37. The van der Waals surface area contributed by atoms with Gasteiger partial charge >= 0.3 is 0 Å². The van der Waals surface area contributed by atoms with Gasteiger partial charge in [-0.2, -0.15) is 0 Å². The lowest BCUT2D eigenvalue weighted by Crippen LogP contribution is -2.29. The minimum Gasteiger partial charge on any atom is -0.508 e. The average Bonchev–Trinajstić information content (AvgIpc) is 2.95. The van der Waals surface area contributed by atoms with Crippen LogP contribution in [0.5, 0.6) is 11.5 Å². The number of carbonyl (C=O) groups is 1. The fourth-order valence-corrected chi connectivity index (χ4v) is 3.65. The molecule has 27 heavy (non-hydrogen) atoms. The maximum absolute atomic E-state index is 12.8. The van der Waals surface area contributed by atoms with Crippen LogP contribution in [-0.4, -0.2) is 34.2 Å². The van der Waals surface area contributed by atoms with Gasteiger partial charge in [0.05, 0.1) is 17.2 Å². The van der Waals surface area contributed by atoms with Gasteiger partial charge in [0.1, 0.15) is 11.5 Å². The third kappa shape index (κ3) is 4.71. The van der Waals surface area contributed by atoms with E-state index >= 15 is 0 Å². The molecule has 0 spiro atoms. The summed E-state index contributed by atoms with van der Waals surface area (Å²) in [6.45, 7) is 5.22. The molecule has 0 atom stereocenters. The van der Waals surface area contributed by atoms with Gasteiger partial charge in [-0.05, 0) is 73.1 Å². The first-order valence-corrected chi connectivity index (χ1v) is 9.74. The van der Waals surface area contributed by atoms with Crippen LogP contribution < -0.4 is 4.74 Å². The number of amidine groups is 1. The number of carbonyl (C=O) groups excluding carboxylic acids is 1. The van der Waals surface area contributed by atoms with Crippen molar-refractivity contribution in [2.45, 2.75) is 20.3 Å². The molecular formula is C21H22N2O3S. The molecule has 1 aliphatic heterocycles. The molecule has 5 nitrogen and oxygen atoms in total. The summed E-state index contributed by atoms with van der Waals surface area (Å²) in [5.41, 5.74) is 1.64. The van der Waals surface area contributed by atoms with Crippen LogP contribution in [0, 0.1) is 0 Å². The molecule has 1 N–H and O–H groups in total. The van der Waals surface area contributed by atoms with Gasteiger partial charge in [-0.1, -0.05) is 19.1 Å². The van der Waals surface area contributed by atoms with Crippen LogP contribution in [0.15, 0.2) is 58.4 Å². The Labute approximate surface area is 163 Å². The molecule has 1 aliphatic rings. The van der Waals surface area contributed by atoms with E-state index in [1.54, 1.807) is 29.2 Å². The fourth-order valence-electron chi connectivity index (χ4n) is 2.63. The number of ether oxygens (including phenoxy) is 1. The fraction of sp³-hybridized carbons (Fsp3) is 0.238. The summed E-state index contributed by atoms with van der Waals surface area (Å²) in [7, 11) is 0. The number of benzene rings is 2. The summed E-state index contributed by atoms with van der Waals surface area (Å²) in [6.07, 6.45) is 2.68. The third-order valence-corrected chi connectivity index (χ3v) is 4.91. The van der Waals surface area contributed by atoms with Crippen molar-refractivity contribution in [2.24, 2.45) is 4.99 Å². The molecule has 0 aromatic heterocycles. The normalized spacial score (nSPS) is 17.1. The van der Waals surface area contributed by atoms with Crippen molar-refractivity contribution in [1.82, 2.24) is 4.90 Å². The number of aliphatic imine (C=N–C) groups is 1. The Morgan fingerprint density at radius 2 is 1.81 bits per heavy atom. The highest BCUT2D eigenvalue weighted by Gasteiger charge is 2.32. The Balaban J connectivity index is 1.87. The number of rotatable bonds is 6. The van der Waals surface area contributed by atoms with E-state index < -0.39 is 0 Å². The zero-order chi connectivity index (χ0) is 19.2. The Kier molecular flexibility index (Phi) is 6.19. The van der Waals surface area contributed by atoms with E-state index in [4.69, 9.17) is 4.74 Å². The number of phenols is 1. The highest BCUT2D eigenvalue weighted by Crippen LogP contribution is 2.34. The Bertz CT molecular complexity index is 858. The summed E-state index contributed by atoms with van der Waals surface area (Å²) in [5, 5.41) is 10.1. The van der Waals surface area contributed by atoms with Crippen LogP contribution in [0.3, 0.4) is 0 Å². The van der Waals surface area contributed by atoms with E-state index in [1.165, 1.54) is 11.8 Å². The molecule has 0 bridgehead atoms. The number of hydrogen-bond donors (Lipinski definition) is 1. The first-order valence-electron chi connectivity index (χ1n) is 8.92. The first-order chi connectivity index (χ1) is 13.1. The van der Waals surface area contributed by atoms with Gasteiger partial charge in [0.15, 0.2) is 5.17 Å². The van der Waals surface area contributed by atoms with Gasteiger partial charge < -0.3 is 9.84 Å². The van der Waals surface area contributed by atoms with E-state index in [1.807, 2.05) is 44.2 Å². The molecule has 1 heterocycles. The molecule has 0 unspecified atom stereocenters. The molecule has 1 fully saturated rings. The van der Waals surface area contributed by atoms with Crippen molar-refractivity contribution in [3.05, 3.63) is 59.0 Å².